The largest absolute Gasteiger partial charge is 0.511 e. The summed E-state index contributed by atoms with van der Waals surface area (Å²) in [5.41, 5.74) is 10.2. The Bertz CT molecular complexity index is 1310. The van der Waals surface area contributed by atoms with Crippen molar-refractivity contribution in [2.24, 2.45) is 5.73 Å². The lowest BCUT2D eigenvalue weighted by Crippen LogP contribution is -2.10. The van der Waals surface area contributed by atoms with Crippen LogP contribution in [0, 0.1) is 0 Å². The van der Waals surface area contributed by atoms with Gasteiger partial charge >= 0.3 is 6.16 Å². The van der Waals surface area contributed by atoms with E-state index in [1.54, 1.807) is 24.3 Å². The molecule has 0 saturated carbocycles. The molecule has 7 nitrogen and oxygen atoms in total. The number of carbonyl (C=O) groups is 2. The predicted octanol–water partition coefficient (Wildman–Crippen LogP) is 5.25. The summed E-state index contributed by atoms with van der Waals surface area (Å²) in [4.78, 5) is 27.4. The number of ether oxygens (including phenoxy) is 1. The van der Waals surface area contributed by atoms with Gasteiger partial charge in [-0.15, -0.1) is 0 Å². The standard InChI is InChI=1S/C26H25N3O4/c1-2-3-8-24-28-21-15-19(25(27)30)13-14-22(21)29(24)16-17-9-11-18(12-10-17)20-6-4-5-7-23(20)33-26(31)32/h4-7,9-15H,2-3,8,16H2,1H3,(H2,27,30)(H,31,32). The highest BCUT2D eigenvalue weighted by molar-refractivity contribution is 5.96. The fraction of sp³-hybridized carbons (Fsp3) is 0.192. The molecule has 33 heavy (non-hydrogen) atoms. The molecule has 0 radical (unpaired) electrons. The zero-order chi connectivity index (χ0) is 23.4. The molecule has 1 heterocycles. The molecule has 0 bridgehead atoms. The third-order valence-electron chi connectivity index (χ3n) is 5.56. The fourth-order valence-electron chi connectivity index (χ4n) is 3.90. The zero-order valence-electron chi connectivity index (χ0n) is 18.3. The highest BCUT2D eigenvalue weighted by atomic mass is 16.7. The molecule has 0 spiro atoms. The van der Waals surface area contributed by atoms with E-state index in [9.17, 15) is 9.59 Å². The van der Waals surface area contributed by atoms with Crippen molar-refractivity contribution < 1.29 is 19.4 Å². The molecule has 1 aromatic heterocycles. The molecule has 0 aliphatic carbocycles. The second-order valence-corrected chi connectivity index (χ2v) is 7.85. The molecule has 0 atom stereocenters. The van der Waals surface area contributed by atoms with Crippen molar-refractivity contribution in [1.29, 1.82) is 0 Å². The van der Waals surface area contributed by atoms with Crippen LogP contribution in [0.2, 0.25) is 0 Å². The highest BCUT2D eigenvalue weighted by Gasteiger charge is 2.14. The first-order chi connectivity index (χ1) is 16.0. The number of nitrogens with zero attached hydrogens (tertiary/aromatic N) is 2. The molecule has 3 aromatic carbocycles. The molecule has 4 aromatic rings. The van der Waals surface area contributed by atoms with Gasteiger partial charge in [0.15, 0.2) is 0 Å². The first-order valence-electron chi connectivity index (χ1n) is 10.8. The number of nitrogens with two attached hydrogens (primary N) is 1. The lowest BCUT2D eigenvalue weighted by Gasteiger charge is -2.11. The number of aryl methyl sites for hydroxylation is 1. The molecular formula is C26H25N3O4. The maximum absolute atomic E-state index is 11.6. The molecule has 0 saturated heterocycles. The number of amides is 1. The Kier molecular flexibility index (Phi) is 6.40. The van der Waals surface area contributed by atoms with Crippen LogP contribution in [0.1, 0.15) is 41.5 Å². The summed E-state index contributed by atoms with van der Waals surface area (Å²) in [7, 11) is 0. The fourth-order valence-corrected chi connectivity index (χ4v) is 3.90. The van der Waals surface area contributed by atoms with Crippen LogP contribution >= 0.6 is 0 Å². The summed E-state index contributed by atoms with van der Waals surface area (Å²) in [6, 6.07) is 20.3. The van der Waals surface area contributed by atoms with Crippen molar-refractivity contribution in [2.45, 2.75) is 32.7 Å². The molecule has 0 aliphatic rings. The van der Waals surface area contributed by atoms with Crippen molar-refractivity contribution in [1.82, 2.24) is 9.55 Å². The number of para-hydroxylation sites is 1. The van der Waals surface area contributed by atoms with Crippen LogP contribution in [0.15, 0.2) is 66.7 Å². The van der Waals surface area contributed by atoms with Crippen LogP contribution in [0.25, 0.3) is 22.2 Å². The average molecular weight is 444 g/mol. The summed E-state index contributed by atoms with van der Waals surface area (Å²) < 4.78 is 7.09. The maximum Gasteiger partial charge on any atom is 0.511 e. The lowest BCUT2D eigenvalue weighted by atomic mass is 10.0. The average Bonchev–Trinajstić information content (AvgIpc) is 3.14. The molecule has 0 unspecified atom stereocenters. The first kappa shape index (κ1) is 22.1. The Morgan fingerprint density at radius 2 is 1.82 bits per heavy atom. The van der Waals surface area contributed by atoms with Crippen molar-refractivity contribution in [3.63, 3.8) is 0 Å². The minimum absolute atomic E-state index is 0.297. The third-order valence-corrected chi connectivity index (χ3v) is 5.56. The molecule has 7 heteroatoms. The third kappa shape index (κ3) is 4.87. The Hall–Kier alpha value is -4.13. The van der Waals surface area contributed by atoms with Crippen molar-refractivity contribution in [2.75, 3.05) is 0 Å². The monoisotopic (exact) mass is 443 g/mol. The molecule has 4 rings (SSSR count). The van der Waals surface area contributed by atoms with Gasteiger partial charge in [-0.05, 0) is 41.8 Å². The molecular weight excluding hydrogens is 418 g/mol. The van der Waals surface area contributed by atoms with Crippen molar-refractivity contribution >= 4 is 23.1 Å². The predicted molar refractivity (Wildman–Crippen MR) is 126 cm³/mol. The van der Waals surface area contributed by atoms with Crippen LogP contribution < -0.4 is 10.5 Å². The van der Waals surface area contributed by atoms with E-state index in [1.165, 1.54) is 0 Å². The van der Waals surface area contributed by atoms with Crippen LogP contribution in [0.3, 0.4) is 0 Å². The number of rotatable bonds is 8. The topological polar surface area (TPSA) is 107 Å². The highest BCUT2D eigenvalue weighted by Crippen LogP contribution is 2.30. The normalized spacial score (nSPS) is 10.9. The van der Waals surface area contributed by atoms with E-state index in [2.05, 4.69) is 11.5 Å². The van der Waals surface area contributed by atoms with Crippen molar-refractivity contribution in [3.8, 4) is 16.9 Å². The van der Waals surface area contributed by atoms with Crippen LogP contribution in [-0.4, -0.2) is 26.7 Å². The molecule has 1 amide bonds. The van der Waals surface area contributed by atoms with E-state index >= 15 is 0 Å². The molecule has 0 aliphatic heterocycles. The smallest absolute Gasteiger partial charge is 0.449 e. The van der Waals surface area contributed by atoms with Crippen molar-refractivity contribution in [3.05, 3.63) is 83.7 Å². The summed E-state index contributed by atoms with van der Waals surface area (Å²) in [6.07, 6.45) is 1.58. The number of fused-ring (bicyclic) bond motifs is 1. The van der Waals surface area contributed by atoms with E-state index < -0.39 is 12.1 Å². The van der Waals surface area contributed by atoms with Gasteiger partial charge in [0.2, 0.25) is 5.91 Å². The Morgan fingerprint density at radius 1 is 1.06 bits per heavy atom. The number of carbonyl (C=O) groups excluding carboxylic acids is 1. The van der Waals surface area contributed by atoms with Crippen LogP contribution in [0.4, 0.5) is 4.79 Å². The lowest BCUT2D eigenvalue weighted by molar-refractivity contribution is 0.1000. The Labute approximate surface area is 191 Å². The second kappa shape index (κ2) is 9.56. The molecule has 0 fully saturated rings. The van der Waals surface area contributed by atoms with Gasteiger partial charge in [-0.3, -0.25) is 4.79 Å². The van der Waals surface area contributed by atoms with Crippen LogP contribution in [-0.2, 0) is 13.0 Å². The van der Waals surface area contributed by atoms with Gasteiger partial charge in [0.25, 0.3) is 0 Å². The van der Waals surface area contributed by atoms with E-state index in [4.69, 9.17) is 20.6 Å². The molecule has 168 valence electrons. The number of imidazole rings is 1. The number of hydrogen-bond acceptors (Lipinski definition) is 4. The van der Waals surface area contributed by atoms with E-state index in [0.717, 1.165) is 47.2 Å². The summed E-state index contributed by atoms with van der Waals surface area (Å²) in [6.45, 7) is 2.77. The summed E-state index contributed by atoms with van der Waals surface area (Å²) in [5.74, 6) is 0.799. The number of benzene rings is 3. The zero-order valence-corrected chi connectivity index (χ0v) is 18.3. The van der Waals surface area contributed by atoms with Crippen LogP contribution in [0.5, 0.6) is 5.75 Å². The van der Waals surface area contributed by atoms with Gasteiger partial charge in [-0.2, -0.15) is 0 Å². The second-order valence-electron chi connectivity index (χ2n) is 7.85. The Balaban J connectivity index is 1.66. The first-order valence-corrected chi connectivity index (χ1v) is 10.8. The van der Waals surface area contributed by atoms with E-state index in [0.29, 0.717) is 23.4 Å². The van der Waals surface area contributed by atoms with Gasteiger partial charge in [0, 0.05) is 24.1 Å². The maximum atomic E-state index is 11.6. The quantitative estimate of drug-likeness (QED) is 0.286. The summed E-state index contributed by atoms with van der Waals surface area (Å²) in [5, 5.41) is 8.99. The number of carboxylic acid groups (broad SMARTS) is 1. The number of primary amides is 1. The summed E-state index contributed by atoms with van der Waals surface area (Å²) >= 11 is 0. The van der Waals surface area contributed by atoms with E-state index in [1.807, 2.05) is 42.5 Å². The minimum Gasteiger partial charge on any atom is -0.449 e. The Morgan fingerprint density at radius 3 is 2.52 bits per heavy atom. The van der Waals surface area contributed by atoms with Gasteiger partial charge in [0.1, 0.15) is 11.6 Å². The SMILES string of the molecule is CCCCc1nc2cc(C(N)=O)ccc2n1Cc1ccc(-c2ccccc2OC(=O)O)cc1. The van der Waals surface area contributed by atoms with Gasteiger partial charge in [-0.1, -0.05) is 55.8 Å². The van der Waals surface area contributed by atoms with Gasteiger partial charge < -0.3 is 20.1 Å². The molecule has 3 N–H and O–H groups in total. The van der Waals surface area contributed by atoms with Gasteiger partial charge in [0.05, 0.1) is 11.0 Å². The number of unbranched alkanes of at least 4 members (excludes halogenated alkanes) is 1. The number of hydrogen-bond donors (Lipinski definition) is 2. The minimum atomic E-state index is -1.34. The van der Waals surface area contributed by atoms with E-state index in [-0.39, 0.29) is 0 Å². The van der Waals surface area contributed by atoms with Gasteiger partial charge in [-0.25, -0.2) is 9.78 Å². The number of aromatic nitrogens is 2.